The number of aryl methyl sites for hydroxylation is 2. The molecular formula is C14H22N4OS. The molecule has 1 saturated carbocycles. The summed E-state index contributed by atoms with van der Waals surface area (Å²) in [6.07, 6.45) is 2.24. The van der Waals surface area contributed by atoms with E-state index >= 15 is 0 Å². The molecule has 1 aromatic rings. The van der Waals surface area contributed by atoms with Crippen molar-refractivity contribution < 1.29 is 4.79 Å². The van der Waals surface area contributed by atoms with Crippen LogP contribution in [0.4, 0.5) is 0 Å². The fraction of sp³-hybridized carbons (Fsp3) is 0.643. The monoisotopic (exact) mass is 294 g/mol. The summed E-state index contributed by atoms with van der Waals surface area (Å²) in [4.78, 5) is 20.6. The molecule has 1 aliphatic carbocycles. The molecular weight excluding hydrogens is 272 g/mol. The number of rotatable bonds is 6. The van der Waals surface area contributed by atoms with Gasteiger partial charge in [0.2, 0.25) is 5.91 Å². The molecule has 1 amide bonds. The van der Waals surface area contributed by atoms with Crippen LogP contribution in [0, 0.1) is 20.8 Å². The zero-order chi connectivity index (χ0) is 14.9. The van der Waals surface area contributed by atoms with Crippen LogP contribution in [0.3, 0.4) is 0 Å². The Bertz CT molecular complexity index is 507. The average molecular weight is 294 g/mol. The van der Waals surface area contributed by atoms with Crippen LogP contribution in [0.5, 0.6) is 0 Å². The minimum atomic E-state index is -0.706. The summed E-state index contributed by atoms with van der Waals surface area (Å²) in [7, 11) is 0. The van der Waals surface area contributed by atoms with Gasteiger partial charge >= 0.3 is 0 Å². The molecule has 0 radical (unpaired) electrons. The smallest absolute Gasteiger partial charge is 0.238 e. The minimum absolute atomic E-state index is 0.322. The van der Waals surface area contributed by atoms with E-state index in [0.717, 1.165) is 29.8 Å². The van der Waals surface area contributed by atoms with E-state index in [1.165, 1.54) is 11.8 Å². The lowest BCUT2D eigenvalue weighted by molar-refractivity contribution is -0.123. The molecule has 2 rings (SSSR count). The second-order valence-electron chi connectivity index (χ2n) is 5.71. The van der Waals surface area contributed by atoms with Gasteiger partial charge in [-0.2, -0.15) is 0 Å². The number of carbonyl (C=O) groups is 1. The molecule has 20 heavy (non-hydrogen) atoms. The molecule has 1 fully saturated rings. The van der Waals surface area contributed by atoms with Gasteiger partial charge in [0.1, 0.15) is 5.54 Å². The Balaban J connectivity index is 2.07. The van der Waals surface area contributed by atoms with Gasteiger partial charge in [-0.25, -0.2) is 9.97 Å². The van der Waals surface area contributed by atoms with Gasteiger partial charge in [0, 0.05) is 23.2 Å². The summed E-state index contributed by atoms with van der Waals surface area (Å²) in [6.45, 7) is 7.82. The highest BCUT2D eigenvalue weighted by atomic mass is 32.2. The van der Waals surface area contributed by atoms with Crippen LogP contribution in [-0.4, -0.2) is 33.2 Å². The third-order valence-electron chi connectivity index (χ3n) is 3.75. The number of nitrogens with one attached hydrogen (secondary N) is 1. The van der Waals surface area contributed by atoms with Gasteiger partial charge in [-0.1, -0.05) is 11.8 Å². The first-order valence-electron chi connectivity index (χ1n) is 6.84. The molecule has 110 valence electrons. The van der Waals surface area contributed by atoms with Crippen LogP contribution in [0.1, 0.15) is 36.7 Å². The van der Waals surface area contributed by atoms with Crippen molar-refractivity contribution in [3.8, 4) is 0 Å². The maximum absolute atomic E-state index is 11.7. The zero-order valence-corrected chi connectivity index (χ0v) is 13.3. The quantitative estimate of drug-likeness (QED) is 0.614. The molecule has 0 bridgehead atoms. The van der Waals surface area contributed by atoms with E-state index in [1.807, 2.05) is 27.7 Å². The summed E-state index contributed by atoms with van der Waals surface area (Å²) in [5.41, 5.74) is 7.91. The molecule has 1 heterocycles. The number of carbonyl (C=O) groups excluding carboxylic acids is 1. The molecule has 0 saturated heterocycles. The Morgan fingerprint density at radius 3 is 2.35 bits per heavy atom. The summed E-state index contributed by atoms with van der Waals surface area (Å²) in [6, 6.07) is 0.426. The number of hydrogen-bond acceptors (Lipinski definition) is 5. The highest BCUT2D eigenvalue weighted by molar-refractivity contribution is 7.99. The Hall–Kier alpha value is -1.14. The molecule has 6 heteroatoms. The van der Waals surface area contributed by atoms with Crippen molar-refractivity contribution in [2.45, 2.75) is 57.3 Å². The third kappa shape index (κ3) is 3.49. The minimum Gasteiger partial charge on any atom is -0.368 e. The fourth-order valence-corrected chi connectivity index (χ4v) is 2.92. The van der Waals surface area contributed by atoms with Crippen LogP contribution in [-0.2, 0) is 4.79 Å². The highest BCUT2D eigenvalue weighted by Crippen LogP contribution is 2.26. The molecule has 1 aliphatic rings. The van der Waals surface area contributed by atoms with Crippen molar-refractivity contribution in [1.29, 1.82) is 0 Å². The predicted octanol–water partition coefficient (Wildman–Crippen LogP) is 1.49. The normalized spacial score (nSPS) is 17.8. The Morgan fingerprint density at radius 1 is 1.35 bits per heavy atom. The van der Waals surface area contributed by atoms with E-state index < -0.39 is 5.54 Å². The number of thioether (sulfide) groups is 1. The van der Waals surface area contributed by atoms with Crippen molar-refractivity contribution in [2.75, 3.05) is 5.75 Å². The predicted molar refractivity (Wildman–Crippen MR) is 80.7 cm³/mol. The maximum Gasteiger partial charge on any atom is 0.238 e. The second kappa shape index (κ2) is 5.69. The Kier molecular flexibility index (Phi) is 4.34. The van der Waals surface area contributed by atoms with Crippen LogP contribution in [0.25, 0.3) is 0 Å². The lowest BCUT2D eigenvalue weighted by Crippen LogP contribution is -2.56. The van der Waals surface area contributed by atoms with Gasteiger partial charge < -0.3 is 11.1 Å². The molecule has 1 unspecified atom stereocenters. The van der Waals surface area contributed by atoms with Crippen molar-refractivity contribution in [3.05, 3.63) is 17.0 Å². The first-order valence-corrected chi connectivity index (χ1v) is 7.82. The SMILES string of the molecule is Cc1nc(SCC(C)(NC2CC2)C(N)=O)nc(C)c1C. The zero-order valence-electron chi connectivity index (χ0n) is 12.5. The number of nitrogens with two attached hydrogens (primary N) is 1. The van der Waals surface area contributed by atoms with E-state index in [2.05, 4.69) is 15.3 Å². The summed E-state index contributed by atoms with van der Waals surface area (Å²) in [5.74, 6) is 0.221. The van der Waals surface area contributed by atoms with Crippen molar-refractivity contribution in [2.24, 2.45) is 5.73 Å². The fourth-order valence-electron chi connectivity index (χ4n) is 1.88. The first kappa shape index (κ1) is 15.3. The molecule has 1 aromatic heterocycles. The first-order chi connectivity index (χ1) is 9.32. The van der Waals surface area contributed by atoms with Gasteiger partial charge in [0.05, 0.1) is 0 Å². The summed E-state index contributed by atoms with van der Waals surface area (Å²) < 4.78 is 0. The summed E-state index contributed by atoms with van der Waals surface area (Å²) >= 11 is 1.48. The Morgan fingerprint density at radius 2 is 1.90 bits per heavy atom. The van der Waals surface area contributed by atoms with Crippen LogP contribution in [0.15, 0.2) is 5.16 Å². The van der Waals surface area contributed by atoms with Gasteiger partial charge in [-0.15, -0.1) is 0 Å². The second-order valence-corrected chi connectivity index (χ2v) is 6.65. The van der Waals surface area contributed by atoms with E-state index in [-0.39, 0.29) is 5.91 Å². The van der Waals surface area contributed by atoms with Gasteiger partial charge in [0.25, 0.3) is 0 Å². The number of amides is 1. The van der Waals surface area contributed by atoms with E-state index in [0.29, 0.717) is 17.0 Å². The van der Waals surface area contributed by atoms with Crippen LogP contribution < -0.4 is 11.1 Å². The highest BCUT2D eigenvalue weighted by Gasteiger charge is 2.37. The van der Waals surface area contributed by atoms with Crippen molar-refractivity contribution in [3.63, 3.8) is 0 Å². The molecule has 0 aromatic carbocycles. The van der Waals surface area contributed by atoms with Crippen molar-refractivity contribution in [1.82, 2.24) is 15.3 Å². The Labute approximate surface area is 124 Å². The maximum atomic E-state index is 11.7. The van der Waals surface area contributed by atoms with E-state index in [1.54, 1.807) is 0 Å². The molecule has 0 aliphatic heterocycles. The lowest BCUT2D eigenvalue weighted by Gasteiger charge is -2.27. The van der Waals surface area contributed by atoms with E-state index in [4.69, 9.17) is 5.73 Å². The summed E-state index contributed by atoms with van der Waals surface area (Å²) in [5, 5.41) is 4.03. The molecule has 0 spiro atoms. The van der Waals surface area contributed by atoms with Gasteiger partial charge in [0.15, 0.2) is 5.16 Å². The number of nitrogens with zero attached hydrogens (tertiary/aromatic N) is 2. The van der Waals surface area contributed by atoms with Gasteiger partial charge in [-0.3, -0.25) is 4.79 Å². The topological polar surface area (TPSA) is 80.9 Å². The third-order valence-corrected chi connectivity index (χ3v) is 4.91. The van der Waals surface area contributed by atoms with E-state index in [9.17, 15) is 4.79 Å². The molecule has 5 nitrogen and oxygen atoms in total. The number of hydrogen-bond donors (Lipinski definition) is 2. The van der Waals surface area contributed by atoms with Crippen LogP contribution >= 0.6 is 11.8 Å². The standard InChI is InChI=1S/C14H22N4OS/c1-8-9(2)16-13(17-10(8)3)20-7-14(4,12(15)19)18-11-5-6-11/h11,18H,5-7H2,1-4H3,(H2,15,19). The molecule has 3 N–H and O–H groups in total. The number of primary amides is 1. The number of aromatic nitrogens is 2. The lowest BCUT2D eigenvalue weighted by atomic mass is 10.1. The van der Waals surface area contributed by atoms with Gasteiger partial charge in [-0.05, 0) is 46.1 Å². The largest absolute Gasteiger partial charge is 0.368 e. The van der Waals surface area contributed by atoms with Crippen LogP contribution in [0.2, 0.25) is 0 Å². The van der Waals surface area contributed by atoms with Crippen molar-refractivity contribution >= 4 is 17.7 Å². The average Bonchev–Trinajstić information content (AvgIpc) is 3.17. The molecule has 1 atom stereocenters.